The number of hydrogen-bond acceptors (Lipinski definition) is 2. The summed E-state index contributed by atoms with van der Waals surface area (Å²) >= 11 is 7.01. The maximum atomic E-state index is 13.8. The van der Waals surface area contributed by atoms with Gasteiger partial charge in [0.2, 0.25) is 0 Å². The molecule has 0 bridgehead atoms. The highest BCUT2D eigenvalue weighted by atomic mass is 35.5. The Morgan fingerprint density at radius 2 is 2.06 bits per heavy atom. The molecule has 0 aliphatic carbocycles. The number of rotatable bonds is 3. The van der Waals surface area contributed by atoms with Crippen molar-refractivity contribution in [3.8, 4) is 0 Å². The van der Waals surface area contributed by atoms with E-state index in [9.17, 15) is 8.78 Å². The summed E-state index contributed by atoms with van der Waals surface area (Å²) < 4.78 is 27.1. The number of hydrogen-bond donors (Lipinski definition) is 1. The van der Waals surface area contributed by atoms with Crippen LogP contribution in [0.3, 0.4) is 0 Å². The molecule has 1 N–H and O–H groups in total. The van der Waals surface area contributed by atoms with Gasteiger partial charge in [-0.15, -0.1) is 11.3 Å². The standard InChI is InChI=1S/C12H10ClF2NS/c1-16-12(11-3-2-4-17-11)7-5-10(15)8(13)6-9(7)14/h2-6,12,16H,1H3. The Bertz CT molecular complexity index is 513. The summed E-state index contributed by atoms with van der Waals surface area (Å²) in [5.41, 5.74) is 0.261. The first-order valence-electron chi connectivity index (χ1n) is 4.98. The van der Waals surface area contributed by atoms with Crippen molar-refractivity contribution in [3.05, 3.63) is 56.7 Å². The fourth-order valence-electron chi connectivity index (χ4n) is 1.67. The van der Waals surface area contributed by atoms with E-state index in [0.29, 0.717) is 0 Å². The monoisotopic (exact) mass is 273 g/mol. The molecule has 0 amide bonds. The van der Waals surface area contributed by atoms with Crippen LogP contribution in [0.15, 0.2) is 29.6 Å². The van der Waals surface area contributed by atoms with Crippen molar-refractivity contribution in [1.82, 2.24) is 5.32 Å². The van der Waals surface area contributed by atoms with Crippen molar-refractivity contribution in [2.45, 2.75) is 6.04 Å². The molecule has 1 heterocycles. The van der Waals surface area contributed by atoms with E-state index in [0.717, 1.165) is 17.0 Å². The van der Waals surface area contributed by atoms with Gasteiger partial charge in [-0.2, -0.15) is 0 Å². The van der Waals surface area contributed by atoms with E-state index >= 15 is 0 Å². The Kier molecular flexibility index (Phi) is 3.76. The molecule has 2 rings (SSSR count). The molecule has 90 valence electrons. The van der Waals surface area contributed by atoms with E-state index in [1.165, 1.54) is 11.3 Å². The highest BCUT2D eigenvalue weighted by Crippen LogP contribution is 2.30. The van der Waals surface area contributed by atoms with Crippen molar-refractivity contribution >= 4 is 22.9 Å². The third kappa shape index (κ3) is 2.49. The van der Waals surface area contributed by atoms with Gasteiger partial charge < -0.3 is 5.32 Å². The van der Waals surface area contributed by atoms with Gasteiger partial charge in [-0.1, -0.05) is 17.7 Å². The van der Waals surface area contributed by atoms with Crippen LogP contribution < -0.4 is 5.32 Å². The summed E-state index contributed by atoms with van der Waals surface area (Å²) in [5.74, 6) is -1.12. The first-order valence-corrected chi connectivity index (χ1v) is 6.24. The average Bonchev–Trinajstić information content (AvgIpc) is 2.80. The number of benzene rings is 1. The molecular weight excluding hydrogens is 264 g/mol. The zero-order valence-corrected chi connectivity index (χ0v) is 10.6. The van der Waals surface area contributed by atoms with Gasteiger partial charge in [-0.3, -0.25) is 0 Å². The molecule has 1 unspecified atom stereocenters. The van der Waals surface area contributed by atoms with E-state index in [2.05, 4.69) is 5.32 Å². The lowest BCUT2D eigenvalue weighted by Gasteiger charge is -2.16. The number of nitrogens with one attached hydrogen (secondary N) is 1. The molecule has 0 radical (unpaired) electrons. The first-order chi connectivity index (χ1) is 8.13. The Morgan fingerprint density at radius 1 is 1.29 bits per heavy atom. The maximum absolute atomic E-state index is 13.8. The maximum Gasteiger partial charge on any atom is 0.142 e. The Balaban J connectivity index is 2.48. The smallest absolute Gasteiger partial charge is 0.142 e. The van der Waals surface area contributed by atoms with Gasteiger partial charge in [0.15, 0.2) is 0 Å². The summed E-state index contributed by atoms with van der Waals surface area (Å²) in [6.07, 6.45) is 0. The molecule has 0 aliphatic rings. The van der Waals surface area contributed by atoms with Gasteiger partial charge in [0.25, 0.3) is 0 Å². The van der Waals surface area contributed by atoms with Crippen molar-refractivity contribution in [2.75, 3.05) is 7.05 Å². The molecule has 0 fully saturated rings. The molecule has 1 aromatic heterocycles. The van der Waals surface area contributed by atoms with Crippen LogP contribution in [0.5, 0.6) is 0 Å². The predicted octanol–water partition coefficient (Wildman–Crippen LogP) is 3.99. The summed E-state index contributed by atoms with van der Waals surface area (Å²) in [6, 6.07) is 5.52. The number of thiophene rings is 1. The van der Waals surface area contributed by atoms with Crippen molar-refractivity contribution in [2.24, 2.45) is 0 Å². The summed E-state index contributed by atoms with van der Waals surface area (Å²) in [7, 11) is 1.70. The average molecular weight is 274 g/mol. The summed E-state index contributed by atoms with van der Waals surface area (Å²) in [5, 5.41) is 4.66. The van der Waals surface area contributed by atoms with E-state index in [1.54, 1.807) is 7.05 Å². The van der Waals surface area contributed by atoms with Crippen LogP contribution in [-0.2, 0) is 0 Å². The lowest BCUT2D eigenvalue weighted by molar-refractivity contribution is 0.561. The van der Waals surface area contributed by atoms with Crippen molar-refractivity contribution in [1.29, 1.82) is 0 Å². The second-order valence-electron chi connectivity index (χ2n) is 3.52. The van der Waals surface area contributed by atoms with Crippen LogP contribution in [-0.4, -0.2) is 7.05 Å². The van der Waals surface area contributed by atoms with Crippen LogP contribution in [0.1, 0.15) is 16.5 Å². The van der Waals surface area contributed by atoms with Crippen LogP contribution in [0.4, 0.5) is 8.78 Å². The van der Waals surface area contributed by atoms with Gasteiger partial charge in [-0.25, -0.2) is 8.78 Å². The molecule has 0 saturated carbocycles. The van der Waals surface area contributed by atoms with Gasteiger partial charge in [0, 0.05) is 10.4 Å². The Labute approximate surface area is 107 Å². The molecule has 0 spiro atoms. The third-order valence-corrected chi connectivity index (χ3v) is 3.69. The molecule has 2 aromatic rings. The molecule has 0 aliphatic heterocycles. The second kappa shape index (κ2) is 5.12. The number of halogens is 3. The second-order valence-corrected chi connectivity index (χ2v) is 4.91. The Hall–Kier alpha value is -0.970. The Morgan fingerprint density at radius 3 is 2.65 bits per heavy atom. The minimum absolute atomic E-state index is 0.202. The summed E-state index contributed by atoms with van der Waals surface area (Å²) in [6.45, 7) is 0. The molecule has 1 aromatic carbocycles. The normalized spacial score (nSPS) is 12.7. The quantitative estimate of drug-likeness (QED) is 0.834. The fraction of sp³-hybridized carbons (Fsp3) is 0.167. The SMILES string of the molecule is CNC(c1cccs1)c1cc(F)c(Cl)cc1F. The van der Waals surface area contributed by atoms with Gasteiger partial charge in [-0.05, 0) is 30.6 Å². The molecule has 5 heteroatoms. The third-order valence-electron chi connectivity index (χ3n) is 2.47. The molecular formula is C12H10ClF2NS. The molecule has 1 nitrogen and oxygen atoms in total. The molecule has 1 atom stereocenters. The van der Waals surface area contributed by atoms with Crippen molar-refractivity contribution < 1.29 is 8.78 Å². The highest BCUT2D eigenvalue weighted by molar-refractivity contribution is 7.10. The van der Waals surface area contributed by atoms with Crippen molar-refractivity contribution in [3.63, 3.8) is 0 Å². The lowest BCUT2D eigenvalue weighted by atomic mass is 10.0. The van der Waals surface area contributed by atoms with E-state index < -0.39 is 11.6 Å². The first kappa shape index (κ1) is 12.5. The largest absolute Gasteiger partial charge is 0.309 e. The molecule has 17 heavy (non-hydrogen) atoms. The van der Waals surface area contributed by atoms with Gasteiger partial charge in [0.05, 0.1) is 11.1 Å². The van der Waals surface area contributed by atoms with E-state index in [1.807, 2.05) is 17.5 Å². The predicted molar refractivity (Wildman–Crippen MR) is 66.6 cm³/mol. The van der Waals surface area contributed by atoms with Crippen LogP contribution in [0, 0.1) is 11.6 Å². The minimum Gasteiger partial charge on any atom is -0.309 e. The van der Waals surface area contributed by atoms with Crippen LogP contribution in [0.2, 0.25) is 5.02 Å². The minimum atomic E-state index is -0.611. The lowest BCUT2D eigenvalue weighted by Crippen LogP contribution is -2.18. The van der Waals surface area contributed by atoms with E-state index in [-0.39, 0.29) is 16.6 Å². The zero-order valence-electron chi connectivity index (χ0n) is 9.01. The van der Waals surface area contributed by atoms with Crippen LogP contribution >= 0.6 is 22.9 Å². The summed E-state index contributed by atoms with van der Waals surface area (Å²) in [4.78, 5) is 0.924. The fourth-order valence-corrected chi connectivity index (χ4v) is 2.67. The van der Waals surface area contributed by atoms with Crippen LogP contribution in [0.25, 0.3) is 0 Å². The molecule has 0 saturated heterocycles. The van der Waals surface area contributed by atoms with Gasteiger partial charge >= 0.3 is 0 Å². The highest BCUT2D eigenvalue weighted by Gasteiger charge is 2.19. The zero-order chi connectivity index (χ0) is 12.4. The van der Waals surface area contributed by atoms with E-state index in [4.69, 9.17) is 11.6 Å². The topological polar surface area (TPSA) is 12.0 Å². The van der Waals surface area contributed by atoms with Gasteiger partial charge in [0.1, 0.15) is 11.6 Å².